The molecule has 0 aliphatic carbocycles. The maximum Gasteiger partial charge on any atom is 0.242 e. The van der Waals surface area contributed by atoms with Crippen molar-refractivity contribution in [1.29, 1.82) is 0 Å². The van der Waals surface area contributed by atoms with Gasteiger partial charge in [0.2, 0.25) is 5.91 Å². The molecule has 3 N–H and O–H groups in total. The topological polar surface area (TPSA) is 68.3 Å². The molecule has 2 aromatic rings. The molecule has 0 spiro atoms. The Hall–Kier alpha value is -1.59. The molecule has 0 saturated carbocycles. The van der Waals surface area contributed by atoms with Crippen LogP contribution >= 0.6 is 11.3 Å². The molecule has 0 aliphatic heterocycles. The minimum atomic E-state index is -0.606. The molecule has 0 aliphatic rings. The number of amides is 1. The van der Waals surface area contributed by atoms with E-state index in [0.29, 0.717) is 6.54 Å². The molecule has 0 bridgehead atoms. The van der Waals surface area contributed by atoms with Crippen molar-refractivity contribution in [3.8, 4) is 0 Å². The lowest BCUT2D eigenvalue weighted by Crippen LogP contribution is -2.33. The van der Waals surface area contributed by atoms with Gasteiger partial charge in [-0.2, -0.15) is 0 Å². The summed E-state index contributed by atoms with van der Waals surface area (Å²) >= 11 is 1.48. The molecule has 17 heavy (non-hydrogen) atoms. The van der Waals surface area contributed by atoms with Gasteiger partial charge in [0.15, 0.2) is 0 Å². The lowest BCUT2D eigenvalue weighted by Gasteiger charge is -2.09. The molecule has 4 nitrogen and oxygen atoms in total. The van der Waals surface area contributed by atoms with Gasteiger partial charge < -0.3 is 15.5 Å². The highest BCUT2D eigenvalue weighted by molar-refractivity contribution is 7.10. The first-order valence-electron chi connectivity index (χ1n) is 5.29. The van der Waals surface area contributed by atoms with Gasteiger partial charge in [-0.15, -0.1) is 11.3 Å². The molecule has 5 heteroatoms. The van der Waals surface area contributed by atoms with Crippen LogP contribution in [0.3, 0.4) is 0 Å². The van der Waals surface area contributed by atoms with E-state index in [1.807, 2.05) is 36.6 Å². The number of thiophene rings is 1. The normalized spacial score (nSPS) is 12.4. The summed E-state index contributed by atoms with van der Waals surface area (Å²) in [6.45, 7) is 2.23. The van der Waals surface area contributed by atoms with Gasteiger partial charge >= 0.3 is 0 Å². The fourth-order valence-corrected chi connectivity index (χ4v) is 2.19. The van der Waals surface area contributed by atoms with Crippen LogP contribution in [0.5, 0.6) is 0 Å². The van der Waals surface area contributed by atoms with Gasteiger partial charge in [0, 0.05) is 4.88 Å². The van der Waals surface area contributed by atoms with Crippen molar-refractivity contribution in [2.24, 2.45) is 5.73 Å². The van der Waals surface area contributed by atoms with E-state index in [1.54, 1.807) is 0 Å². The molecule has 1 amide bonds. The molecule has 0 aromatic carbocycles. The Labute approximate surface area is 103 Å². The van der Waals surface area contributed by atoms with E-state index in [4.69, 9.17) is 10.2 Å². The van der Waals surface area contributed by atoms with Gasteiger partial charge in [-0.1, -0.05) is 6.07 Å². The van der Waals surface area contributed by atoms with Gasteiger partial charge in [-0.3, -0.25) is 4.79 Å². The van der Waals surface area contributed by atoms with Gasteiger partial charge in [-0.25, -0.2) is 0 Å². The van der Waals surface area contributed by atoms with Crippen LogP contribution in [0.2, 0.25) is 0 Å². The van der Waals surface area contributed by atoms with E-state index in [2.05, 4.69) is 5.32 Å². The minimum absolute atomic E-state index is 0.193. The summed E-state index contributed by atoms with van der Waals surface area (Å²) in [5.41, 5.74) is 5.82. The summed E-state index contributed by atoms with van der Waals surface area (Å²) in [6, 6.07) is 6.83. The van der Waals surface area contributed by atoms with Crippen LogP contribution in [-0.2, 0) is 11.3 Å². The molecule has 2 rings (SSSR count). The number of carbonyl (C=O) groups excluding carboxylic acids is 1. The fourth-order valence-electron chi connectivity index (χ4n) is 1.46. The van der Waals surface area contributed by atoms with Crippen molar-refractivity contribution in [3.63, 3.8) is 0 Å². The van der Waals surface area contributed by atoms with Crippen molar-refractivity contribution in [1.82, 2.24) is 5.32 Å². The van der Waals surface area contributed by atoms with Crippen molar-refractivity contribution in [2.75, 3.05) is 0 Å². The van der Waals surface area contributed by atoms with E-state index in [-0.39, 0.29) is 5.91 Å². The molecule has 0 saturated heterocycles. The van der Waals surface area contributed by atoms with Crippen LogP contribution in [0.4, 0.5) is 0 Å². The summed E-state index contributed by atoms with van der Waals surface area (Å²) in [7, 11) is 0. The highest BCUT2D eigenvalue weighted by Crippen LogP contribution is 2.16. The summed E-state index contributed by atoms with van der Waals surface area (Å²) in [6.07, 6.45) is 0. The molecule has 2 heterocycles. The largest absolute Gasteiger partial charge is 0.465 e. The zero-order valence-electron chi connectivity index (χ0n) is 9.47. The predicted molar refractivity (Wildman–Crippen MR) is 66.5 cm³/mol. The summed E-state index contributed by atoms with van der Waals surface area (Å²) in [5.74, 6) is 1.37. The van der Waals surface area contributed by atoms with Crippen LogP contribution in [-0.4, -0.2) is 5.91 Å². The first kappa shape index (κ1) is 11.9. The number of rotatable bonds is 4. The van der Waals surface area contributed by atoms with Crippen LogP contribution < -0.4 is 11.1 Å². The van der Waals surface area contributed by atoms with Gasteiger partial charge in [-0.05, 0) is 30.5 Å². The Balaban J connectivity index is 1.89. The average molecular weight is 250 g/mol. The van der Waals surface area contributed by atoms with E-state index < -0.39 is 6.04 Å². The second-order valence-electron chi connectivity index (χ2n) is 3.72. The zero-order valence-corrected chi connectivity index (χ0v) is 10.3. The number of hydrogen-bond donors (Lipinski definition) is 2. The monoisotopic (exact) mass is 250 g/mol. The summed E-state index contributed by atoms with van der Waals surface area (Å²) in [5, 5.41) is 4.65. The molecule has 1 unspecified atom stereocenters. The lowest BCUT2D eigenvalue weighted by molar-refractivity contribution is -0.122. The number of furan rings is 1. The highest BCUT2D eigenvalue weighted by Gasteiger charge is 2.16. The number of aryl methyl sites for hydroxylation is 1. The maximum atomic E-state index is 11.8. The molecular weight excluding hydrogens is 236 g/mol. The Morgan fingerprint density at radius 1 is 1.53 bits per heavy atom. The van der Waals surface area contributed by atoms with Crippen LogP contribution in [0.15, 0.2) is 34.1 Å². The van der Waals surface area contributed by atoms with Gasteiger partial charge in [0.25, 0.3) is 0 Å². The van der Waals surface area contributed by atoms with Crippen molar-refractivity contribution < 1.29 is 9.21 Å². The van der Waals surface area contributed by atoms with Crippen LogP contribution in [0, 0.1) is 6.92 Å². The number of hydrogen-bond acceptors (Lipinski definition) is 4. The zero-order chi connectivity index (χ0) is 12.3. The second-order valence-corrected chi connectivity index (χ2v) is 4.70. The van der Waals surface area contributed by atoms with E-state index >= 15 is 0 Å². The third-order valence-corrected chi connectivity index (χ3v) is 3.32. The second kappa shape index (κ2) is 5.16. The summed E-state index contributed by atoms with van der Waals surface area (Å²) < 4.78 is 5.35. The van der Waals surface area contributed by atoms with Crippen LogP contribution in [0.25, 0.3) is 0 Å². The number of carbonyl (C=O) groups is 1. The minimum Gasteiger partial charge on any atom is -0.465 e. The maximum absolute atomic E-state index is 11.8. The van der Waals surface area contributed by atoms with Crippen molar-refractivity contribution in [3.05, 3.63) is 46.0 Å². The lowest BCUT2D eigenvalue weighted by atomic mass is 10.2. The van der Waals surface area contributed by atoms with E-state index in [9.17, 15) is 4.79 Å². The van der Waals surface area contributed by atoms with Gasteiger partial charge in [0.1, 0.15) is 17.6 Å². The van der Waals surface area contributed by atoms with Crippen molar-refractivity contribution in [2.45, 2.75) is 19.5 Å². The first-order valence-corrected chi connectivity index (χ1v) is 6.17. The van der Waals surface area contributed by atoms with E-state index in [1.165, 1.54) is 11.3 Å². The summed E-state index contributed by atoms with van der Waals surface area (Å²) in [4.78, 5) is 12.6. The molecule has 0 radical (unpaired) electrons. The molecule has 0 fully saturated rings. The Kier molecular flexibility index (Phi) is 3.61. The number of nitrogens with two attached hydrogens (primary N) is 1. The Morgan fingerprint density at radius 2 is 2.35 bits per heavy atom. The quantitative estimate of drug-likeness (QED) is 0.871. The SMILES string of the molecule is Cc1ccc(CNC(=O)C(N)c2cccs2)o1. The third-order valence-electron chi connectivity index (χ3n) is 2.37. The van der Waals surface area contributed by atoms with E-state index in [0.717, 1.165) is 16.4 Å². The van der Waals surface area contributed by atoms with Crippen molar-refractivity contribution >= 4 is 17.2 Å². The molecule has 1 atom stereocenters. The average Bonchev–Trinajstić information content (AvgIpc) is 2.95. The molecule has 90 valence electrons. The van der Waals surface area contributed by atoms with Gasteiger partial charge in [0.05, 0.1) is 6.54 Å². The molecule has 2 aromatic heterocycles. The first-order chi connectivity index (χ1) is 8.16. The Morgan fingerprint density at radius 3 is 2.94 bits per heavy atom. The predicted octanol–water partition coefficient (Wildman–Crippen LogP) is 1.97. The smallest absolute Gasteiger partial charge is 0.242 e. The Bertz CT molecular complexity index is 490. The van der Waals surface area contributed by atoms with Crippen LogP contribution in [0.1, 0.15) is 22.4 Å². The fraction of sp³-hybridized carbons (Fsp3) is 0.250. The third kappa shape index (κ3) is 2.95. The highest BCUT2D eigenvalue weighted by atomic mass is 32.1. The number of nitrogens with one attached hydrogen (secondary N) is 1. The molecular formula is C12H14N2O2S. The standard InChI is InChI=1S/C12H14N2O2S/c1-8-4-5-9(16-8)7-14-12(15)11(13)10-3-2-6-17-10/h2-6,11H,7,13H2,1H3,(H,14,15).